The predicted molar refractivity (Wildman–Crippen MR) is 54.9 cm³/mol. The van der Waals surface area contributed by atoms with Gasteiger partial charge in [0.2, 0.25) is 0 Å². The van der Waals surface area contributed by atoms with Gasteiger partial charge >= 0.3 is 6.80 Å². The molecule has 0 aromatic carbocycles. The molecule has 0 rings (SSSR count). The van der Waals surface area contributed by atoms with Crippen LogP contribution in [0.4, 0.5) is 0 Å². The van der Waals surface area contributed by atoms with E-state index >= 15 is 0 Å². The molecule has 1 atom stereocenters. The molecule has 0 heterocycles. The summed E-state index contributed by atoms with van der Waals surface area (Å²) in [6.45, 7) is 2.37. The number of aliphatic hydroxyl groups excluding tert-OH is 1. The molecule has 0 aliphatic heterocycles. The fraction of sp³-hybridized carbons (Fsp3) is 0.714. The van der Waals surface area contributed by atoms with Crippen molar-refractivity contribution in [3.63, 3.8) is 0 Å². The number of hydrogen-bond acceptors (Lipinski definition) is 5. The van der Waals surface area contributed by atoms with Gasteiger partial charge in [-0.1, -0.05) is 6.08 Å². The first kappa shape index (κ1) is 13.2. The van der Waals surface area contributed by atoms with Crippen molar-refractivity contribution in [3.8, 4) is 0 Å². The van der Waals surface area contributed by atoms with E-state index in [1.54, 1.807) is 13.0 Å². The summed E-state index contributed by atoms with van der Waals surface area (Å²) in [5.41, 5.74) is 0. The zero-order valence-corrected chi connectivity index (χ0v) is 9.35. The standard InChI is InChI=1S/C7H15O4PS/c1-3-7-13-12(9,10-4-2)11-6-5-8/h3,8H,1,4-7H2,2H3. The number of aliphatic hydroxyl groups is 1. The largest absolute Gasteiger partial charge is 0.394 e. The molecule has 0 bridgehead atoms. The van der Waals surface area contributed by atoms with Crippen molar-refractivity contribution in [1.82, 2.24) is 0 Å². The zero-order valence-electron chi connectivity index (χ0n) is 7.64. The quantitative estimate of drug-likeness (QED) is 0.507. The minimum absolute atomic E-state index is 0.0292. The molecule has 0 spiro atoms. The molecule has 78 valence electrons. The van der Waals surface area contributed by atoms with Gasteiger partial charge in [-0.25, -0.2) is 4.57 Å². The zero-order chi connectivity index (χ0) is 10.2. The summed E-state index contributed by atoms with van der Waals surface area (Å²) >= 11 is 1.07. The molecule has 13 heavy (non-hydrogen) atoms. The second-order valence-electron chi connectivity index (χ2n) is 2.01. The van der Waals surface area contributed by atoms with Gasteiger partial charge in [0.1, 0.15) is 0 Å². The second kappa shape index (κ2) is 7.59. The first-order valence-corrected chi connectivity index (χ1v) is 7.07. The van der Waals surface area contributed by atoms with Crippen molar-refractivity contribution >= 4 is 18.2 Å². The third-order valence-electron chi connectivity index (χ3n) is 0.978. The Kier molecular flexibility index (Phi) is 7.71. The molecule has 0 saturated carbocycles. The summed E-state index contributed by atoms with van der Waals surface area (Å²) in [4.78, 5) is 0. The summed E-state index contributed by atoms with van der Waals surface area (Å²) in [5, 5.41) is 8.49. The van der Waals surface area contributed by atoms with Gasteiger partial charge < -0.3 is 9.63 Å². The summed E-state index contributed by atoms with van der Waals surface area (Å²) in [6, 6.07) is 0. The van der Waals surface area contributed by atoms with Crippen LogP contribution in [0.25, 0.3) is 0 Å². The van der Waals surface area contributed by atoms with E-state index < -0.39 is 6.80 Å². The first-order chi connectivity index (χ1) is 6.18. The molecule has 0 aliphatic carbocycles. The number of rotatable bonds is 8. The Morgan fingerprint density at radius 1 is 1.62 bits per heavy atom. The van der Waals surface area contributed by atoms with Gasteiger partial charge in [0.05, 0.1) is 19.8 Å². The fourth-order valence-corrected chi connectivity index (χ4v) is 3.55. The highest BCUT2D eigenvalue weighted by molar-refractivity contribution is 8.55. The van der Waals surface area contributed by atoms with Crippen molar-refractivity contribution < 1.29 is 18.7 Å². The molecule has 0 radical (unpaired) electrons. The van der Waals surface area contributed by atoms with Crippen LogP contribution >= 0.6 is 18.2 Å². The van der Waals surface area contributed by atoms with Crippen molar-refractivity contribution in [1.29, 1.82) is 0 Å². The molecular weight excluding hydrogens is 211 g/mol. The van der Waals surface area contributed by atoms with Crippen molar-refractivity contribution in [3.05, 3.63) is 12.7 Å². The van der Waals surface area contributed by atoms with Gasteiger partial charge in [0.15, 0.2) is 0 Å². The van der Waals surface area contributed by atoms with E-state index in [1.165, 1.54) is 0 Å². The van der Waals surface area contributed by atoms with Crippen LogP contribution in [0, 0.1) is 0 Å². The molecular formula is C7H15O4PS. The van der Waals surface area contributed by atoms with Crippen LogP contribution in [-0.4, -0.2) is 30.7 Å². The van der Waals surface area contributed by atoms with E-state index in [4.69, 9.17) is 14.2 Å². The maximum absolute atomic E-state index is 11.7. The summed E-state index contributed by atoms with van der Waals surface area (Å²) in [5.74, 6) is 0.503. The van der Waals surface area contributed by atoms with Crippen LogP contribution < -0.4 is 0 Å². The predicted octanol–water partition coefficient (Wildman–Crippen LogP) is 2.06. The molecule has 1 unspecified atom stereocenters. The smallest absolute Gasteiger partial charge is 0.389 e. The lowest BCUT2D eigenvalue weighted by Crippen LogP contribution is -1.98. The lowest BCUT2D eigenvalue weighted by Gasteiger charge is -2.15. The lowest BCUT2D eigenvalue weighted by molar-refractivity contribution is 0.174. The van der Waals surface area contributed by atoms with Crippen molar-refractivity contribution in [2.75, 3.05) is 25.6 Å². The van der Waals surface area contributed by atoms with Gasteiger partial charge in [0, 0.05) is 5.75 Å². The summed E-state index contributed by atoms with van der Waals surface area (Å²) < 4.78 is 21.6. The highest BCUT2D eigenvalue weighted by Crippen LogP contribution is 2.60. The Morgan fingerprint density at radius 2 is 2.31 bits per heavy atom. The van der Waals surface area contributed by atoms with Crippen molar-refractivity contribution in [2.24, 2.45) is 0 Å². The highest BCUT2D eigenvalue weighted by atomic mass is 32.7. The van der Waals surface area contributed by atoms with Crippen LogP contribution in [0.5, 0.6) is 0 Å². The van der Waals surface area contributed by atoms with E-state index in [9.17, 15) is 4.57 Å². The third kappa shape index (κ3) is 6.29. The van der Waals surface area contributed by atoms with Crippen molar-refractivity contribution in [2.45, 2.75) is 6.92 Å². The average molecular weight is 226 g/mol. The summed E-state index contributed by atoms with van der Waals surface area (Å²) in [6.07, 6.45) is 1.62. The topological polar surface area (TPSA) is 55.8 Å². The monoisotopic (exact) mass is 226 g/mol. The minimum atomic E-state index is -3.07. The molecule has 0 fully saturated rings. The van der Waals surface area contributed by atoms with E-state index in [0.29, 0.717) is 12.4 Å². The maximum atomic E-state index is 11.7. The maximum Gasteiger partial charge on any atom is 0.389 e. The van der Waals surface area contributed by atoms with E-state index in [2.05, 4.69) is 6.58 Å². The SMILES string of the molecule is C=CCSP(=O)(OCC)OCCO. The third-order valence-corrected chi connectivity index (χ3v) is 4.78. The Bertz CT molecular complexity index is 185. The Morgan fingerprint density at radius 3 is 2.77 bits per heavy atom. The van der Waals surface area contributed by atoms with Crippen LogP contribution in [0.2, 0.25) is 0 Å². The van der Waals surface area contributed by atoms with Gasteiger partial charge in [-0.2, -0.15) is 0 Å². The molecule has 0 aliphatic rings. The Balaban J connectivity index is 3.99. The molecule has 0 amide bonds. The lowest BCUT2D eigenvalue weighted by atomic mass is 10.8. The highest BCUT2D eigenvalue weighted by Gasteiger charge is 2.23. The van der Waals surface area contributed by atoms with Gasteiger partial charge in [-0.15, -0.1) is 6.58 Å². The van der Waals surface area contributed by atoms with E-state index in [0.717, 1.165) is 11.4 Å². The average Bonchev–Trinajstić information content (AvgIpc) is 2.12. The summed E-state index contributed by atoms with van der Waals surface area (Å²) in [7, 11) is 0. The van der Waals surface area contributed by atoms with Crippen LogP contribution in [-0.2, 0) is 13.6 Å². The Labute approximate surface area is 82.6 Å². The number of hydrogen-bond donors (Lipinski definition) is 1. The van der Waals surface area contributed by atoms with E-state index in [-0.39, 0.29) is 13.2 Å². The molecule has 0 aromatic rings. The Hall–Kier alpha value is 0.200. The molecule has 0 saturated heterocycles. The fourth-order valence-electron chi connectivity index (χ4n) is 0.567. The molecule has 6 heteroatoms. The van der Waals surface area contributed by atoms with Gasteiger partial charge in [-0.3, -0.25) is 4.52 Å². The van der Waals surface area contributed by atoms with Gasteiger partial charge in [0.25, 0.3) is 0 Å². The first-order valence-electron chi connectivity index (χ1n) is 3.94. The van der Waals surface area contributed by atoms with Crippen LogP contribution in [0.3, 0.4) is 0 Å². The molecule has 0 aromatic heterocycles. The minimum Gasteiger partial charge on any atom is -0.394 e. The van der Waals surface area contributed by atoms with Crippen LogP contribution in [0.15, 0.2) is 12.7 Å². The second-order valence-corrected chi connectivity index (χ2v) is 6.12. The van der Waals surface area contributed by atoms with Gasteiger partial charge in [-0.05, 0) is 18.3 Å². The van der Waals surface area contributed by atoms with E-state index in [1.807, 2.05) is 0 Å². The molecule has 4 nitrogen and oxygen atoms in total. The molecule has 1 N–H and O–H groups in total. The van der Waals surface area contributed by atoms with Crippen LogP contribution in [0.1, 0.15) is 6.92 Å². The normalized spacial score (nSPS) is 15.2.